The maximum absolute atomic E-state index is 2.38. The Morgan fingerprint density at radius 1 is 0.600 bits per heavy atom. The molecule has 0 heterocycles. The standard InChI is InChI=1S/C20H38/c1-4-5-6-7-8-9-10-11-12-13-14-15-16-17-18-19-20(2)3/h5-6,17-18,20H,4,7-16,19H2,1-3H3/b6-5+,18-17+. The van der Waals surface area contributed by atoms with Gasteiger partial charge in [-0.3, -0.25) is 0 Å². The summed E-state index contributed by atoms with van der Waals surface area (Å²) in [5.41, 5.74) is 0. The first-order chi connectivity index (χ1) is 9.77. The van der Waals surface area contributed by atoms with Crippen LogP contribution in [-0.4, -0.2) is 0 Å². The van der Waals surface area contributed by atoms with Gasteiger partial charge in [-0.25, -0.2) is 0 Å². The lowest BCUT2D eigenvalue weighted by Crippen LogP contribution is -1.82. The van der Waals surface area contributed by atoms with Crippen molar-refractivity contribution >= 4 is 0 Å². The van der Waals surface area contributed by atoms with Gasteiger partial charge in [-0.1, -0.05) is 83.6 Å². The predicted octanol–water partition coefficient (Wildman–Crippen LogP) is 7.46. The molecule has 0 aliphatic rings. The van der Waals surface area contributed by atoms with E-state index in [1.54, 1.807) is 0 Å². The van der Waals surface area contributed by atoms with Crippen LogP contribution < -0.4 is 0 Å². The lowest BCUT2D eigenvalue weighted by Gasteiger charge is -2.01. The summed E-state index contributed by atoms with van der Waals surface area (Å²) >= 11 is 0. The van der Waals surface area contributed by atoms with Crippen molar-refractivity contribution in [2.24, 2.45) is 5.92 Å². The molecule has 0 aromatic carbocycles. The van der Waals surface area contributed by atoms with E-state index in [-0.39, 0.29) is 0 Å². The Bertz CT molecular complexity index is 222. The summed E-state index contributed by atoms with van der Waals surface area (Å²) in [6.45, 7) is 6.77. The Morgan fingerprint density at radius 3 is 1.50 bits per heavy atom. The van der Waals surface area contributed by atoms with E-state index in [1.807, 2.05) is 0 Å². The SMILES string of the molecule is CC/C=C/CCCCCCCCCC/C=C/CC(C)C. The van der Waals surface area contributed by atoms with Gasteiger partial charge in [-0.05, 0) is 44.4 Å². The van der Waals surface area contributed by atoms with Crippen molar-refractivity contribution in [2.45, 2.75) is 97.8 Å². The smallest absolute Gasteiger partial charge is 0.0327 e. The molecule has 0 heteroatoms. The quantitative estimate of drug-likeness (QED) is 0.228. The van der Waals surface area contributed by atoms with Crippen molar-refractivity contribution in [1.29, 1.82) is 0 Å². The highest BCUT2D eigenvalue weighted by Gasteiger charge is 1.92. The molecular weight excluding hydrogens is 240 g/mol. The minimum absolute atomic E-state index is 0.809. The molecule has 0 aliphatic carbocycles. The van der Waals surface area contributed by atoms with Gasteiger partial charge in [0.25, 0.3) is 0 Å². The minimum atomic E-state index is 0.809. The fourth-order valence-corrected chi connectivity index (χ4v) is 2.36. The number of allylic oxidation sites excluding steroid dienone is 4. The van der Waals surface area contributed by atoms with Crippen LogP contribution >= 0.6 is 0 Å². The molecular formula is C20H38. The molecule has 0 atom stereocenters. The van der Waals surface area contributed by atoms with Crippen molar-refractivity contribution < 1.29 is 0 Å². The van der Waals surface area contributed by atoms with Gasteiger partial charge in [0.15, 0.2) is 0 Å². The third-order valence-electron chi connectivity index (χ3n) is 3.67. The minimum Gasteiger partial charge on any atom is -0.0888 e. The van der Waals surface area contributed by atoms with Crippen LogP contribution in [0.4, 0.5) is 0 Å². The second kappa shape index (κ2) is 16.5. The largest absolute Gasteiger partial charge is 0.0888 e. The summed E-state index contributed by atoms with van der Waals surface area (Å²) in [6.07, 6.45) is 25.8. The van der Waals surface area contributed by atoms with Crippen LogP contribution in [0, 0.1) is 5.92 Å². The van der Waals surface area contributed by atoms with E-state index < -0.39 is 0 Å². The van der Waals surface area contributed by atoms with E-state index in [2.05, 4.69) is 45.1 Å². The topological polar surface area (TPSA) is 0 Å². The maximum atomic E-state index is 2.38. The summed E-state index contributed by atoms with van der Waals surface area (Å²) in [6, 6.07) is 0. The Kier molecular flexibility index (Phi) is 16.1. The maximum Gasteiger partial charge on any atom is -0.0327 e. The fraction of sp³-hybridized carbons (Fsp3) is 0.800. The van der Waals surface area contributed by atoms with Gasteiger partial charge in [-0.15, -0.1) is 0 Å². The van der Waals surface area contributed by atoms with E-state index in [4.69, 9.17) is 0 Å². The molecule has 0 bridgehead atoms. The Hall–Kier alpha value is -0.520. The van der Waals surface area contributed by atoms with Gasteiger partial charge in [0.05, 0.1) is 0 Å². The second-order valence-corrected chi connectivity index (χ2v) is 6.39. The molecule has 0 fully saturated rings. The molecule has 0 aromatic rings. The van der Waals surface area contributed by atoms with E-state index in [0.717, 1.165) is 5.92 Å². The molecule has 0 aliphatic heterocycles. The van der Waals surface area contributed by atoms with E-state index in [0.29, 0.717) is 0 Å². The van der Waals surface area contributed by atoms with Crippen molar-refractivity contribution in [3.05, 3.63) is 24.3 Å². The first kappa shape index (κ1) is 19.5. The zero-order chi connectivity index (χ0) is 14.9. The van der Waals surface area contributed by atoms with Gasteiger partial charge in [0, 0.05) is 0 Å². The molecule has 0 nitrogen and oxygen atoms in total. The van der Waals surface area contributed by atoms with Crippen LogP contribution in [0.1, 0.15) is 97.8 Å². The van der Waals surface area contributed by atoms with Gasteiger partial charge in [0.2, 0.25) is 0 Å². The summed E-state index contributed by atoms with van der Waals surface area (Å²) in [5, 5.41) is 0. The number of rotatable bonds is 14. The van der Waals surface area contributed by atoms with Gasteiger partial charge >= 0.3 is 0 Å². The highest BCUT2D eigenvalue weighted by atomic mass is 14.0. The number of hydrogen-bond donors (Lipinski definition) is 0. The third-order valence-corrected chi connectivity index (χ3v) is 3.67. The van der Waals surface area contributed by atoms with Gasteiger partial charge in [0.1, 0.15) is 0 Å². The number of unbranched alkanes of at least 4 members (excludes halogenated alkanes) is 9. The Balaban J connectivity index is 3.06. The fourth-order valence-electron chi connectivity index (χ4n) is 2.36. The molecule has 0 rings (SSSR count). The number of hydrogen-bond acceptors (Lipinski definition) is 0. The zero-order valence-electron chi connectivity index (χ0n) is 14.4. The normalized spacial score (nSPS) is 12.2. The molecule has 0 saturated carbocycles. The van der Waals surface area contributed by atoms with Crippen LogP contribution in [0.3, 0.4) is 0 Å². The molecule has 0 aromatic heterocycles. The Labute approximate surface area is 128 Å². The van der Waals surface area contributed by atoms with Crippen LogP contribution in [0.5, 0.6) is 0 Å². The van der Waals surface area contributed by atoms with Crippen molar-refractivity contribution in [2.75, 3.05) is 0 Å². The summed E-state index contributed by atoms with van der Waals surface area (Å²) in [4.78, 5) is 0. The van der Waals surface area contributed by atoms with Crippen molar-refractivity contribution in [1.82, 2.24) is 0 Å². The molecule has 0 saturated heterocycles. The van der Waals surface area contributed by atoms with E-state index in [9.17, 15) is 0 Å². The van der Waals surface area contributed by atoms with E-state index in [1.165, 1.54) is 77.0 Å². The molecule has 0 radical (unpaired) electrons. The van der Waals surface area contributed by atoms with Crippen LogP contribution in [0.15, 0.2) is 24.3 Å². The van der Waals surface area contributed by atoms with Crippen LogP contribution in [0.2, 0.25) is 0 Å². The summed E-state index contributed by atoms with van der Waals surface area (Å²) < 4.78 is 0. The molecule has 0 unspecified atom stereocenters. The van der Waals surface area contributed by atoms with Crippen molar-refractivity contribution in [3.63, 3.8) is 0 Å². The zero-order valence-corrected chi connectivity index (χ0v) is 14.4. The van der Waals surface area contributed by atoms with Crippen LogP contribution in [-0.2, 0) is 0 Å². The average molecular weight is 279 g/mol. The van der Waals surface area contributed by atoms with E-state index >= 15 is 0 Å². The monoisotopic (exact) mass is 278 g/mol. The van der Waals surface area contributed by atoms with Crippen LogP contribution in [0.25, 0.3) is 0 Å². The average Bonchev–Trinajstić information content (AvgIpc) is 2.43. The highest BCUT2D eigenvalue weighted by molar-refractivity contribution is 4.82. The summed E-state index contributed by atoms with van der Waals surface area (Å²) in [7, 11) is 0. The first-order valence-electron chi connectivity index (χ1n) is 9.07. The third kappa shape index (κ3) is 17.5. The predicted molar refractivity (Wildman–Crippen MR) is 94.2 cm³/mol. The molecule has 0 amide bonds. The van der Waals surface area contributed by atoms with Gasteiger partial charge in [-0.2, -0.15) is 0 Å². The van der Waals surface area contributed by atoms with Crippen molar-refractivity contribution in [3.8, 4) is 0 Å². The lowest BCUT2D eigenvalue weighted by atomic mass is 10.1. The lowest BCUT2D eigenvalue weighted by molar-refractivity contribution is 0.570. The highest BCUT2D eigenvalue weighted by Crippen LogP contribution is 2.11. The molecule has 0 N–H and O–H groups in total. The molecule has 20 heavy (non-hydrogen) atoms. The summed E-state index contributed by atoms with van der Waals surface area (Å²) in [5.74, 6) is 0.809. The molecule has 118 valence electrons. The Morgan fingerprint density at radius 2 is 1.05 bits per heavy atom. The first-order valence-corrected chi connectivity index (χ1v) is 9.07. The molecule has 0 spiro atoms. The van der Waals surface area contributed by atoms with Gasteiger partial charge < -0.3 is 0 Å². The second-order valence-electron chi connectivity index (χ2n) is 6.39.